The van der Waals surface area contributed by atoms with Gasteiger partial charge in [-0.3, -0.25) is 9.59 Å². The Balaban J connectivity index is 1.47. The van der Waals surface area contributed by atoms with Crippen LogP contribution in [0.4, 0.5) is 5.82 Å². The molecule has 0 aliphatic heterocycles. The number of nitrogens with zero attached hydrogens (tertiary/aromatic N) is 3. The Hall–Kier alpha value is -3.94. The number of amides is 2. The van der Waals surface area contributed by atoms with Crippen LogP contribution in [0.3, 0.4) is 0 Å². The minimum absolute atomic E-state index is 0.173. The van der Waals surface area contributed by atoms with Crippen molar-refractivity contribution in [1.82, 2.24) is 20.0 Å². The third-order valence-electron chi connectivity index (χ3n) is 4.63. The molecule has 0 bridgehead atoms. The van der Waals surface area contributed by atoms with Gasteiger partial charge in [-0.05, 0) is 31.2 Å². The molecule has 0 radical (unpaired) electrons. The maximum Gasteiger partial charge on any atom is 0.251 e. The summed E-state index contributed by atoms with van der Waals surface area (Å²) < 4.78 is 6.92. The number of rotatable bonds is 7. The van der Waals surface area contributed by atoms with Crippen molar-refractivity contribution in [1.29, 1.82) is 0 Å². The zero-order valence-corrected chi connectivity index (χ0v) is 16.5. The molecule has 0 unspecified atom stereocenters. The number of imidazole rings is 1. The number of nitrogens with one attached hydrogen (secondary N) is 2. The second-order valence-corrected chi connectivity index (χ2v) is 6.84. The summed E-state index contributed by atoms with van der Waals surface area (Å²) in [5.74, 6) is 1.35. The van der Waals surface area contributed by atoms with Crippen LogP contribution in [0, 0.1) is 6.92 Å². The summed E-state index contributed by atoms with van der Waals surface area (Å²) in [4.78, 5) is 29.3. The SMILES string of the molecule is Cc1cc(NC(=O)CCn2c(CNC(=O)c3ccccc3)nc3ccccc32)no1. The first-order chi connectivity index (χ1) is 14.6. The Morgan fingerprint density at radius 1 is 1.07 bits per heavy atom. The summed E-state index contributed by atoms with van der Waals surface area (Å²) in [6.07, 6.45) is 0.228. The molecule has 0 spiro atoms. The third-order valence-corrected chi connectivity index (χ3v) is 4.63. The fraction of sp³-hybridized carbons (Fsp3) is 0.182. The second kappa shape index (κ2) is 8.60. The molecule has 4 rings (SSSR count). The summed E-state index contributed by atoms with van der Waals surface area (Å²) in [5, 5.41) is 9.39. The van der Waals surface area contributed by atoms with E-state index in [2.05, 4.69) is 20.8 Å². The molecule has 30 heavy (non-hydrogen) atoms. The van der Waals surface area contributed by atoms with Crippen LogP contribution in [0.5, 0.6) is 0 Å². The first-order valence-electron chi connectivity index (χ1n) is 9.61. The standard InChI is InChI=1S/C22H21N5O3/c1-15-13-19(26-30-15)25-21(28)11-12-27-18-10-6-5-9-17(18)24-20(27)14-23-22(29)16-7-3-2-4-8-16/h2-10,13H,11-12,14H2,1H3,(H,23,29)(H,25,26,28). The summed E-state index contributed by atoms with van der Waals surface area (Å²) in [6.45, 7) is 2.43. The van der Waals surface area contributed by atoms with Crippen LogP contribution in [-0.2, 0) is 17.9 Å². The Morgan fingerprint density at radius 3 is 2.60 bits per heavy atom. The quantitative estimate of drug-likeness (QED) is 0.493. The van der Waals surface area contributed by atoms with Gasteiger partial charge in [0.15, 0.2) is 5.82 Å². The molecule has 0 atom stereocenters. The van der Waals surface area contributed by atoms with Gasteiger partial charge in [0.25, 0.3) is 5.91 Å². The maximum absolute atomic E-state index is 12.4. The number of hydrogen-bond donors (Lipinski definition) is 2. The number of fused-ring (bicyclic) bond motifs is 1. The molecule has 0 aliphatic carbocycles. The van der Waals surface area contributed by atoms with Crippen molar-refractivity contribution in [3.8, 4) is 0 Å². The summed E-state index contributed by atoms with van der Waals surface area (Å²) in [7, 11) is 0. The summed E-state index contributed by atoms with van der Waals surface area (Å²) in [5.41, 5.74) is 2.31. The molecule has 2 amide bonds. The van der Waals surface area contributed by atoms with Crippen molar-refractivity contribution >= 4 is 28.7 Å². The van der Waals surface area contributed by atoms with Crippen LogP contribution in [0.25, 0.3) is 11.0 Å². The van der Waals surface area contributed by atoms with Crippen LogP contribution in [0.1, 0.15) is 28.4 Å². The van der Waals surface area contributed by atoms with Gasteiger partial charge in [0.1, 0.15) is 11.6 Å². The van der Waals surface area contributed by atoms with Gasteiger partial charge in [0.2, 0.25) is 5.91 Å². The van der Waals surface area contributed by atoms with E-state index in [0.717, 1.165) is 11.0 Å². The molecule has 2 aromatic carbocycles. The van der Waals surface area contributed by atoms with E-state index in [1.807, 2.05) is 47.0 Å². The lowest BCUT2D eigenvalue weighted by Crippen LogP contribution is -2.25. The monoisotopic (exact) mass is 403 g/mol. The lowest BCUT2D eigenvalue weighted by atomic mass is 10.2. The van der Waals surface area contributed by atoms with Crippen molar-refractivity contribution in [2.75, 3.05) is 5.32 Å². The lowest BCUT2D eigenvalue weighted by Gasteiger charge is -2.10. The van der Waals surface area contributed by atoms with Crippen LogP contribution in [-0.4, -0.2) is 26.5 Å². The highest BCUT2D eigenvalue weighted by molar-refractivity contribution is 5.94. The average molecular weight is 403 g/mol. The molecule has 8 nitrogen and oxygen atoms in total. The zero-order valence-electron chi connectivity index (χ0n) is 16.5. The average Bonchev–Trinajstić information content (AvgIpc) is 3.33. The molecule has 4 aromatic rings. The van der Waals surface area contributed by atoms with Crippen molar-refractivity contribution in [3.05, 3.63) is 77.8 Å². The molecular weight excluding hydrogens is 382 g/mol. The Morgan fingerprint density at radius 2 is 1.83 bits per heavy atom. The van der Waals surface area contributed by atoms with Crippen LogP contribution >= 0.6 is 0 Å². The first kappa shape index (κ1) is 19.4. The number of anilines is 1. The number of carbonyl (C=O) groups is 2. The van der Waals surface area contributed by atoms with E-state index in [1.54, 1.807) is 25.1 Å². The Kier molecular flexibility index (Phi) is 5.56. The number of aryl methyl sites for hydroxylation is 2. The highest BCUT2D eigenvalue weighted by atomic mass is 16.5. The number of para-hydroxylation sites is 2. The smallest absolute Gasteiger partial charge is 0.251 e. The number of carbonyl (C=O) groups excluding carboxylic acids is 2. The lowest BCUT2D eigenvalue weighted by molar-refractivity contribution is -0.116. The van der Waals surface area contributed by atoms with Gasteiger partial charge in [0, 0.05) is 24.6 Å². The minimum atomic E-state index is -0.180. The van der Waals surface area contributed by atoms with Crippen molar-refractivity contribution in [3.63, 3.8) is 0 Å². The first-order valence-corrected chi connectivity index (χ1v) is 9.61. The van der Waals surface area contributed by atoms with Gasteiger partial charge in [-0.1, -0.05) is 35.5 Å². The summed E-state index contributed by atoms with van der Waals surface area (Å²) in [6, 6.07) is 18.4. The minimum Gasteiger partial charge on any atom is -0.360 e. The summed E-state index contributed by atoms with van der Waals surface area (Å²) >= 11 is 0. The van der Waals surface area contributed by atoms with E-state index in [4.69, 9.17) is 4.52 Å². The predicted octanol–water partition coefficient (Wildman–Crippen LogP) is 3.29. The van der Waals surface area contributed by atoms with Gasteiger partial charge < -0.3 is 19.7 Å². The van der Waals surface area contributed by atoms with Crippen LogP contribution < -0.4 is 10.6 Å². The third kappa shape index (κ3) is 4.38. The van der Waals surface area contributed by atoms with E-state index in [1.165, 1.54) is 0 Å². The van der Waals surface area contributed by atoms with Crippen LogP contribution in [0.15, 0.2) is 65.2 Å². The molecular formula is C22H21N5O3. The fourth-order valence-electron chi connectivity index (χ4n) is 3.20. The van der Waals surface area contributed by atoms with E-state index >= 15 is 0 Å². The molecule has 2 aromatic heterocycles. The van der Waals surface area contributed by atoms with Crippen molar-refractivity contribution < 1.29 is 14.1 Å². The number of aromatic nitrogens is 3. The molecule has 0 fully saturated rings. The molecule has 0 aliphatic rings. The van der Waals surface area contributed by atoms with Gasteiger partial charge >= 0.3 is 0 Å². The number of benzene rings is 2. The largest absolute Gasteiger partial charge is 0.360 e. The topological polar surface area (TPSA) is 102 Å². The van der Waals surface area contributed by atoms with E-state index in [9.17, 15) is 9.59 Å². The van der Waals surface area contributed by atoms with Gasteiger partial charge in [0.05, 0.1) is 17.6 Å². The van der Waals surface area contributed by atoms with E-state index in [-0.39, 0.29) is 24.8 Å². The van der Waals surface area contributed by atoms with Crippen molar-refractivity contribution in [2.24, 2.45) is 0 Å². The highest BCUT2D eigenvalue weighted by Gasteiger charge is 2.14. The van der Waals surface area contributed by atoms with Gasteiger partial charge in [-0.2, -0.15) is 0 Å². The van der Waals surface area contributed by atoms with E-state index in [0.29, 0.717) is 29.5 Å². The second-order valence-electron chi connectivity index (χ2n) is 6.84. The maximum atomic E-state index is 12.4. The van der Waals surface area contributed by atoms with E-state index < -0.39 is 0 Å². The Labute approximate surface area is 172 Å². The molecule has 8 heteroatoms. The fourth-order valence-corrected chi connectivity index (χ4v) is 3.20. The highest BCUT2D eigenvalue weighted by Crippen LogP contribution is 2.17. The normalized spacial score (nSPS) is 10.8. The van der Waals surface area contributed by atoms with Gasteiger partial charge in [-0.15, -0.1) is 0 Å². The predicted molar refractivity (Wildman–Crippen MR) is 112 cm³/mol. The number of hydrogen-bond acceptors (Lipinski definition) is 5. The molecule has 0 saturated carbocycles. The molecule has 2 heterocycles. The van der Waals surface area contributed by atoms with Gasteiger partial charge in [-0.25, -0.2) is 4.98 Å². The molecule has 0 saturated heterocycles. The van der Waals surface area contributed by atoms with Crippen LogP contribution in [0.2, 0.25) is 0 Å². The Bertz CT molecular complexity index is 1180. The zero-order chi connectivity index (χ0) is 20.9. The van der Waals surface area contributed by atoms with Crippen molar-refractivity contribution in [2.45, 2.75) is 26.4 Å². The molecule has 152 valence electrons. The molecule has 2 N–H and O–H groups in total.